The van der Waals surface area contributed by atoms with Crippen LogP contribution in [0, 0.1) is 0 Å². The number of pyridine rings is 1. The molecule has 6 heteroatoms. The van der Waals surface area contributed by atoms with Crippen molar-refractivity contribution < 1.29 is 9.59 Å². The van der Waals surface area contributed by atoms with Crippen LogP contribution in [0.25, 0.3) is 0 Å². The van der Waals surface area contributed by atoms with Crippen molar-refractivity contribution in [1.29, 1.82) is 0 Å². The number of likely N-dealkylation sites (N-methyl/N-ethyl adjacent to an activating group) is 1. The first-order valence-corrected chi connectivity index (χ1v) is 5.36. The van der Waals surface area contributed by atoms with Gasteiger partial charge in [0, 0.05) is 31.4 Å². The van der Waals surface area contributed by atoms with Gasteiger partial charge < -0.3 is 11.1 Å². The lowest BCUT2D eigenvalue weighted by Gasteiger charge is -2.28. The van der Waals surface area contributed by atoms with Gasteiger partial charge >= 0.3 is 0 Å². The third-order valence-corrected chi connectivity index (χ3v) is 2.76. The zero-order valence-electron chi connectivity index (χ0n) is 9.51. The Kier molecular flexibility index (Phi) is 2.95. The summed E-state index contributed by atoms with van der Waals surface area (Å²) in [4.78, 5) is 28.3. The number of hydrogen-bond donors (Lipinski definition) is 2. The summed E-state index contributed by atoms with van der Waals surface area (Å²) in [6.45, 7) is 0. The first-order valence-electron chi connectivity index (χ1n) is 5.36. The van der Waals surface area contributed by atoms with Gasteiger partial charge in [-0.25, -0.2) is 4.98 Å². The SMILES string of the molecule is CN1C(=O)CCC(Nc2cc(N)ccn2)C1=O. The van der Waals surface area contributed by atoms with Crippen LogP contribution in [0.1, 0.15) is 12.8 Å². The maximum Gasteiger partial charge on any atom is 0.251 e. The van der Waals surface area contributed by atoms with Crippen LogP contribution in [0.2, 0.25) is 0 Å². The molecule has 0 aliphatic carbocycles. The summed E-state index contributed by atoms with van der Waals surface area (Å²) in [5, 5.41) is 2.99. The molecule has 1 aliphatic heterocycles. The zero-order chi connectivity index (χ0) is 12.4. The van der Waals surface area contributed by atoms with Gasteiger partial charge in [0.2, 0.25) is 5.91 Å². The van der Waals surface area contributed by atoms with Crippen LogP contribution in [-0.2, 0) is 9.59 Å². The molecule has 1 saturated heterocycles. The van der Waals surface area contributed by atoms with Crippen molar-refractivity contribution in [3.8, 4) is 0 Å². The lowest BCUT2D eigenvalue weighted by Crippen LogP contribution is -2.48. The lowest BCUT2D eigenvalue weighted by atomic mass is 10.0. The van der Waals surface area contributed by atoms with Crippen LogP contribution in [0.3, 0.4) is 0 Å². The molecule has 2 rings (SSSR count). The third kappa shape index (κ3) is 2.35. The van der Waals surface area contributed by atoms with E-state index in [1.54, 1.807) is 18.3 Å². The van der Waals surface area contributed by atoms with E-state index in [4.69, 9.17) is 5.73 Å². The fourth-order valence-electron chi connectivity index (χ4n) is 1.75. The maximum absolute atomic E-state index is 11.8. The van der Waals surface area contributed by atoms with Crippen LogP contribution in [0.4, 0.5) is 11.5 Å². The highest BCUT2D eigenvalue weighted by molar-refractivity contribution is 6.01. The summed E-state index contributed by atoms with van der Waals surface area (Å²) in [5.41, 5.74) is 6.20. The summed E-state index contributed by atoms with van der Waals surface area (Å²) < 4.78 is 0. The van der Waals surface area contributed by atoms with E-state index in [1.807, 2.05) is 0 Å². The molecule has 1 aliphatic rings. The number of hydrogen-bond acceptors (Lipinski definition) is 5. The van der Waals surface area contributed by atoms with E-state index in [-0.39, 0.29) is 11.8 Å². The normalized spacial score (nSPS) is 20.5. The van der Waals surface area contributed by atoms with Crippen LogP contribution in [0.15, 0.2) is 18.3 Å². The minimum Gasteiger partial charge on any atom is -0.399 e. The Morgan fingerprint density at radius 2 is 2.29 bits per heavy atom. The third-order valence-electron chi connectivity index (χ3n) is 2.76. The molecule has 0 bridgehead atoms. The molecule has 0 aromatic carbocycles. The number of likely N-dealkylation sites (tertiary alicyclic amines) is 1. The minimum atomic E-state index is -0.410. The van der Waals surface area contributed by atoms with E-state index in [1.165, 1.54) is 7.05 Å². The fraction of sp³-hybridized carbons (Fsp3) is 0.364. The molecule has 1 aromatic heterocycles. The van der Waals surface area contributed by atoms with E-state index in [0.717, 1.165) is 4.90 Å². The smallest absolute Gasteiger partial charge is 0.251 e. The number of aromatic nitrogens is 1. The molecule has 6 nitrogen and oxygen atoms in total. The summed E-state index contributed by atoms with van der Waals surface area (Å²) in [6, 6.07) is 2.92. The van der Waals surface area contributed by atoms with Crippen molar-refractivity contribution in [2.45, 2.75) is 18.9 Å². The molecular weight excluding hydrogens is 220 g/mol. The molecule has 17 heavy (non-hydrogen) atoms. The van der Waals surface area contributed by atoms with E-state index in [0.29, 0.717) is 24.3 Å². The number of carbonyl (C=O) groups excluding carboxylic acids is 2. The predicted octanol–water partition coefficient (Wildman–Crippen LogP) is 0.223. The standard InChI is InChI=1S/C11H14N4O2/c1-15-10(16)3-2-8(11(15)17)14-9-6-7(12)4-5-13-9/h4-6,8H,2-3H2,1H3,(H3,12,13,14). The number of anilines is 2. The zero-order valence-corrected chi connectivity index (χ0v) is 9.51. The van der Waals surface area contributed by atoms with E-state index < -0.39 is 6.04 Å². The van der Waals surface area contributed by atoms with Crippen LogP contribution >= 0.6 is 0 Å². The van der Waals surface area contributed by atoms with Crippen molar-refractivity contribution >= 4 is 23.3 Å². The number of amides is 2. The number of piperidine rings is 1. The first-order chi connectivity index (χ1) is 8.08. The second-order valence-corrected chi connectivity index (χ2v) is 4.00. The summed E-state index contributed by atoms with van der Waals surface area (Å²) in [5.74, 6) is 0.171. The topological polar surface area (TPSA) is 88.3 Å². The average molecular weight is 234 g/mol. The highest BCUT2D eigenvalue weighted by atomic mass is 16.2. The highest BCUT2D eigenvalue weighted by Gasteiger charge is 2.31. The second-order valence-electron chi connectivity index (χ2n) is 4.00. The molecule has 90 valence electrons. The molecule has 0 radical (unpaired) electrons. The molecule has 0 saturated carbocycles. The van der Waals surface area contributed by atoms with Gasteiger partial charge in [0.1, 0.15) is 11.9 Å². The van der Waals surface area contributed by atoms with Crippen molar-refractivity contribution in [1.82, 2.24) is 9.88 Å². The summed E-state index contributed by atoms with van der Waals surface area (Å²) >= 11 is 0. The molecule has 1 fully saturated rings. The largest absolute Gasteiger partial charge is 0.399 e. The lowest BCUT2D eigenvalue weighted by molar-refractivity contribution is -0.146. The number of nitrogens with two attached hydrogens (primary N) is 1. The van der Waals surface area contributed by atoms with Crippen molar-refractivity contribution in [3.63, 3.8) is 0 Å². The van der Waals surface area contributed by atoms with E-state index in [9.17, 15) is 9.59 Å². The Labute approximate surface area is 98.8 Å². The molecular formula is C11H14N4O2. The van der Waals surface area contributed by atoms with Gasteiger partial charge in [-0.05, 0) is 12.5 Å². The van der Waals surface area contributed by atoms with Gasteiger partial charge in [0.15, 0.2) is 0 Å². The Morgan fingerprint density at radius 1 is 1.53 bits per heavy atom. The van der Waals surface area contributed by atoms with E-state index >= 15 is 0 Å². The maximum atomic E-state index is 11.8. The van der Waals surface area contributed by atoms with Crippen molar-refractivity contribution in [2.75, 3.05) is 18.1 Å². The number of nitrogen functional groups attached to an aromatic ring is 1. The van der Waals surface area contributed by atoms with Crippen molar-refractivity contribution in [2.24, 2.45) is 0 Å². The van der Waals surface area contributed by atoms with Crippen LogP contribution < -0.4 is 11.1 Å². The van der Waals surface area contributed by atoms with Gasteiger partial charge in [-0.15, -0.1) is 0 Å². The van der Waals surface area contributed by atoms with Gasteiger partial charge in [-0.3, -0.25) is 14.5 Å². The molecule has 2 heterocycles. The quantitative estimate of drug-likeness (QED) is 0.715. The number of rotatable bonds is 2. The Morgan fingerprint density at radius 3 is 3.00 bits per heavy atom. The van der Waals surface area contributed by atoms with Gasteiger partial charge in [0.05, 0.1) is 0 Å². The van der Waals surface area contributed by atoms with Crippen LogP contribution in [-0.4, -0.2) is 34.8 Å². The molecule has 1 unspecified atom stereocenters. The molecule has 2 amide bonds. The monoisotopic (exact) mass is 234 g/mol. The van der Waals surface area contributed by atoms with Gasteiger partial charge in [-0.2, -0.15) is 0 Å². The number of nitrogens with one attached hydrogen (secondary N) is 1. The molecule has 1 atom stereocenters. The summed E-state index contributed by atoms with van der Waals surface area (Å²) in [6.07, 6.45) is 2.42. The van der Waals surface area contributed by atoms with Gasteiger partial charge in [-0.1, -0.05) is 0 Å². The Balaban J connectivity index is 2.09. The van der Waals surface area contributed by atoms with Crippen LogP contribution in [0.5, 0.6) is 0 Å². The van der Waals surface area contributed by atoms with Gasteiger partial charge in [0.25, 0.3) is 5.91 Å². The highest BCUT2D eigenvalue weighted by Crippen LogP contribution is 2.16. The number of imide groups is 1. The Bertz CT molecular complexity index is 461. The average Bonchev–Trinajstić information content (AvgIpc) is 2.30. The minimum absolute atomic E-state index is 0.145. The Hall–Kier alpha value is -2.11. The predicted molar refractivity (Wildman–Crippen MR) is 63.1 cm³/mol. The number of nitrogens with zero attached hydrogens (tertiary/aromatic N) is 2. The summed E-state index contributed by atoms with van der Waals surface area (Å²) in [7, 11) is 1.49. The molecule has 1 aromatic rings. The second kappa shape index (κ2) is 4.40. The molecule has 0 spiro atoms. The molecule has 3 N–H and O–H groups in total. The van der Waals surface area contributed by atoms with E-state index in [2.05, 4.69) is 10.3 Å². The fourth-order valence-corrected chi connectivity index (χ4v) is 1.75. The first kappa shape index (κ1) is 11.4. The number of carbonyl (C=O) groups is 2. The van der Waals surface area contributed by atoms with Crippen molar-refractivity contribution in [3.05, 3.63) is 18.3 Å².